The normalized spacial score (nSPS) is 26.5. The highest BCUT2D eigenvalue weighted by atomic mass is 32.4. The lowest BCUT2D eigenvalue weighted by atomic mass is 9.66. The van der Waals surface area contributed by atoms with Crippen molar-refractivity contribution in [3.8, 4) is 0 Å². The Labute approximate surface area is 136 Å². The standard InChI is InChI=1S/C19H30SSi/c1-15-12-13-19(16(2)14-15,20-21(5,6)7)18(3,4)17-10-8-9-11-17/h8,10-12,14H,9,13H2,1-7H3. The Morgan fingerprint density at radius 3 is 2.29 bits per heavy atom. The van der Waals surface area contributed by atoms with Crippen LogP contribution in [0.15, 0.2) is 47.1 Å². The number of rotatable bonds is 4. The molecule has 0 spiro atoms. The second-order valence-electron chi connectivity index (χ2n) is 7.94. The lowest BCUT2D eigenvalue weighted by molar-refractivity contribution is 0.350. The Morgan fingerprint density at radius 1 is 1.14 bits per heavy atom. The summed E-state index contributed by atoms with van der Waals surface area (Å²) < 4.78 is 0.206. The van der Waals surface area contributed by atoms with E-state index < -0.39 is 7.22 Å². The largest absolute Gasteiger partial charge is 0.174 e. The first kappa shape index (κ1) is 16.9. The summed E-state index contributed by atoms with van der Waals surface area (Å²) in [5.41, 5.74) is 4.67. The zero-order chi connectivity index (χ0) is 15.9. The summed E-state index contributed by atoms with van der Waals surface area (Å²) >= 11 is 2.28. The van der Waals surface area contributed by atoms with E-state index in [4.69, 9.17) is 0 Å². The molecule has 0 saturated carbocycles. The van der Waals surface area contributed by atoms with E-state index in [0.29, 0.717) is 0 Å². The minimum atomic E-state index is -1.25. The molecular formula is C19H30SSi. The Bertz CT molecular complexity index is 540. The highest BCUT2D eigenvalue weighted by molar-refractivity contribution is 8.29. The van der Waals surface area contributed by atoms with Crippen LogP contribution in [-0.2, 0) is 0 Å². The third-order valence-electron chi connectivity index (χ3n) is 4.78. The first-order valence-electron chi connectivity index (χ1n) is 8.01. The van der Waals surface area contributed by atoms with Crippen molar-refractivity contribution in [1.82, 2.24) is 0 Å². The van der Waals surface area contributed by atoms with E-state index in [2.05, 4.69) is 88.9 Å². The molecule has 2 aliphatic carbocycles. The van der Waals surface area contributed by atoms with E-state index in [0.717, 1.165) is 12.8 Å². The topological polar surface area (TPSA) is 0 Å². The van der Waals surface area contributed by atoms with E-state index in [1.807, 2.05) is 0 Å². The molecule has 2 aliphatic rings. The Morgan fingerprint density at radius 2 is 1.81 bits per heavy atom. The Hall–Kier alpha value is -0.473. The van der Waals surface area contributed by atoms with Crippen LogP contribution in [-0.4, -0.2) is 12.0 Å². The molecule has 0 aromatic heterocycles. The quantitative estimate of drug-likeness (QED) is 0.533. The van der Waals surface area contributed by atoms with Gasteiger partial charge in [-0.05, 0) is 32.3 Å². The van der Waals surface area contributed by atoms with E-state index >= 15 is 0 Å². The van der Waals surface area contributed by atoms with Crippen molar-refractivity contribution in [3.05, 3.63) is 47.1 Å². The van der Waals surface area contributed by atoms with Crippen LogP contribution in [0.2, 0.25) is 19.6 Å². The molecule has 0 heterocycles. The molecule has 0 aromatic carbocycles. The molecule has 0 nitrogen and oxygen atoms in total. The van der Waals surface area contributed by atoms with Gasteiger partial charge in [0.1, 0.15) is 7.22 Å². The average molecular weight is 319 g/mol. The highest BCUT2D eigenvalue weighted by Crippen LogP contribution is 2.58. The fraction of sp³-hybridized carbons (Fsp3) is 0.579. The summed E-state index contributed by atoms with van der Waals surface area (Å²) in [6.07, 6.45) is 14.2. The third kappa shape index (κ3) is 3.17. The molecule has 2 rings (SSSR count). The van der Waals surface area contributed by atoms with Gasteiger partial charge in [-0.15, -0.1) is 0 Å². The van der Waals surface area contributed by atoms with Gasteiger partial charge in [0.15, 0.2) is 0 Å². The second-order valence-corrected chi connectivity index (χ2v) is 17.4. The minimum absolute atomic E-state index is 0.169. The molecule has 1 unspecified atom stereocenters. The van der Waals surface area contributed by atoms with Crippen LogP contribution in [0.3, 0.4) is 0 Å². The maximum atomic E-state index is 2.48. The lowest BCUT2D eigenvalue weighted by Crippen LogP contribution is -2.47. The van der Waals surface area contributed by atoms with Crippen molar-refractivity contribution in [2.45, 2.75) is 64.9 Å². The number of hydrogen-bond acceptors (Lipinski definition) is 1. The molecule has 0 radical (unpaired) electrons. The van der Waals surface area contributed by atoms with Gasteiger partial charge in [-0.3, -0.25) is 0 Å². The van der Waals surface area contributed by atoms with Crippen molar-refractivity contribution in [3.63, 3.8) is 0 Å². The van der Waals surface area contributed by atoms with Gasteiger partial charge in [0, 0.05) is 10.2 Å². The molecule has 0 amide bonds. The monoisotopic (exact) mass is 318 g/mol. The molecule has 0 fully saturated rings. The summed E-state index contributed by atoms with van der Waals surface area (Å²) in [7, 11) is -1.25. The highest BCUT2D eigenvalue weighted by Gasteiger charge is 2.50. The fourth-order valence-corrected chi connectivity index (χ4v) is 10.1. The third-order valence-corrected chi connectivity index (χ3v) is 9.62. The van der Waals surface area contributed by atoms with Gasteiger partial charge in [0.05, 0.1) is 0 Å². The zero-order valence-electron chi connectivity index (χ0n) is 14.7. The lowest BCUT2D eigenvalue weighted by Gasteiger charge is -2.51. The predicted octanol–water partition coefficient (Wildman–Crippen LogP) is 6.50. The minimum Gasteiger partial charge on any atom is -0.174 e. The molecular weight excluding hydrogens is 288 g/mol. The molecule has 0 aromatic rings. The first-order valence-corrected chi connectivity index (χ1v) is 13.1. The van der Waals surface area contributed by atoms with Crippen LogP contribution in [0.25, 0.3) is 0 Å². The van der Waals surface area contributed by atoms with Gasteiger partial charge in [-0.2, -0.15) is 11.2 Å². The second kappa shape index (κ2) is 5.62. The Balaban J connectivity index is 2.52. The van der Waals surface area contributed by atoms with E-state index in [-0.39, 0.29) is 10.2 Å². The van der Waals surface area contributed by atoms with Crippen LogP contribution < -0.4 is 0 Å². The first-order chi connectivity index (χ1) is 9.58. The number of hydrogen-bond donors (Lipinski definition) is 0. The van der Waals surface area contributed by atoms with Gasteiger partial charge in [0.25, 0.3) is 0 Å². The summed E-state index contributed by atoms with van der Waals surface area (Å²) in [5, 5.41) is 0. The predicted molar refractivity (Wildman–Crippen MR) is 101 cm³/mol. The van der Waals surface area contributed by atoms with Gasteiger partial charge in [-0.1, -0.05) is 75.0 Å². The summed E-state index contributed by atoms with van der Waals surface area (Å²) in [4.78, 5) is 0. The Kier molecular flexibility index (Phi) is 4.52. The van der Waals surface area contributed by atoms with Crippen molar-refractivity contribution >= 4 is 18.4 Å². The molecule has 0 aliphatic heterocycles. The van der Waals surface area contributed by atoms with Crippen molar-refractivity contribution in [2.24, 2.45) is 5.41 Å². The number of allylic oxidation sites excluding steroid dienone is 7. The van der Waals surface area contributed by atoms with E-state index in [9.17, 15) is 0 Å². The van der Waals surface area contributed by atoms with E-state index in [1.54, 1.807) is 5.57 Å². The molecule has 2 heteroatoms. The maximum absolute atomic E-state index is 2.48. The average Bonchev–Trinajstić information content (AvgIpc) is 2.85. The van der Waals surface area contributed by atoms with Gasteiger partial charge in [0.2, 0.25) is 0 Å². The molecule has 0 saturated heterocycles. The summed E-state index contributed by atoms with van der Waals surface area (Å²) in [5.74, 6) is 0. The van der Waals surface area contributed by atoms with Gasteiger partial charge in [-0.25, -0.2) is 0 Å². The molecule has 0 bridgehead atoms. The van der Waals surface area contributed by atoms with Crippen LogP contribution in [0, 0.1) is 5.41 Å². The van der Waals surface area contributed by atoms with Gasteiger partial charge >= 0.3 is 0 Å². The summed E-state index contributed by atoms with van der Waals surface area (Å²) in [6, 6.07) is 0. The molecule has 1 atom stereocenters. The van der Waals surface area contributed by atoms with Crippen LogP contribution in [0.1, 0.15) is 40.5 Å². The van der Waals surface area contributed by atoms with Crippen molar-refractivity contribution in [1.29, 1.82) is 0 Å². The van der Waals surface area contributed by atoms with Crippen molar-refractivity contribution in [2.75, 3.05) is 0 Å². The SMILES string of the molecule is CC1=CCC(S[Si](C)(C)C)(C(C)(C)C2=CCC=C2)C(C)=C1. The summed E-state index contributed by atoms with van der Waals surface area (Å²) in [6.45, 7) is 16.9. The zero-order valence-corrected chi connectivity index (χ0v) is 16.5. The van der Waals surface area contributed by atoms with E-state index in [1.165, 1.54) is 11.1 Å². The maximum Gasteiger partial charge on any atom is 0.109 e. The molecule has 21 heavy (non-hydrogen) atoms. The fourth-order valence-electron chi connectivity index (χ4n) is 3.66. The van der Waals surface area contributed by atoms with Crippen LogP contribution in [0.5, 0.6) is 0 Å². The van der Waals surface area contributed by atoms with Crippen LogP contribution in [0.4, 0.5) is 0 Å². The molecule has 116 valence electrons. The van der Waals surface area contributed by atoms with Gasteiger partial charge < -0.3 is 0 Å². The molecule has 0 N–H and O–H groups in total. The smallest absolute Gasteiger partial charge is 0.109 e. The van der Waals surface area contributed by atoms with Crippen molar-refractivity contribution < 1.29 is 0 Å². The van der Waals surface area contributed by atoms with Crippen LogP contribution >= 0.6 is 11.2 Å².